The van der Waals surface area contributed by atoms with Crippen LogP contribution in [-0.4, -0.2) is 44.1 Å². The number of ether oxygens (including phenoxy) is 2. The average molecular weight is 396 g/mol. The van der Waals surface area contributed by atoms with Crippen molar-refractivity contribution in [3.63, 3.8) is 0 Å². The van der Waals surface area contributed by atoms with Gasteiger partial charge in [0.05, 0.1) is 25.7 Å². The van der Waals surface area contributed by atoms with E-state index in [4.69, 9.17) is 9.47 Å². The van der Waals surface area contributed by atoms with Crippen LogP contribution in [0.1, 0.15) is 30.0 Å². The van der Waals surface area contributed by atoms with Crippen LogP contribution in [-0.2, 0) is 20.9 Å². The molecule has 1 aliphatic heterocycles. The highest BCUT2D eigenvalue weighted by Gasteiger charge is 2.40. The molecule has 1 saturated heterocycles. The van der Waals surface area contributed by atoms with Crippen molar-refractivity contribution < 1.29 is 19.1 Å². The average Bonchev–Trinajstić information content (AvgIpc) is 2.77. The summed E-state index contributed by atoms with van der Waals surface area (Å²) >= 11 is 0. The minimum Gasteiger partial charge on any atom is -0.497 e. The van der Waals surface area contributed by atoms with Gasteiger partial charge in [-0.25, -0.2) is 0 Å². The van der Waals surface area contributed by atoms with Crippen molar-refractivity contribution >= 4 is 11.8 Å². The van der Waals surface area contributed by atoms with E-state index in [1.54, 1.807) is 19.1 Å². The molecule has 1 aliphatic rings. The summed E-state index contributed by atoms with van der Waals surface area (Å²) in [5.74, 6) is 0.370. The molecule has 2 aromatic rings. The molecular weight excluding hydrogens is 368 g/mol. The van der Waals surface area contributed by atoms with Gasteiger partial charge in [-0.1, -0.05) is 42.5 Å². The van der Waals surface area contributed by atoms with E-state index in [-0.39, 0.29) is 23.8 Å². The lowest BCUT2D eigenvalue weighted by molar-refractivity contribution is -0.144. The Morgan fingerprint density at radius 1 is 1.14 bits per heavy atom. The molecule has 0 bridgehead atoms. The normalized spacial score (nSPS) is 19.1. The first-order valence-corrected chi connectivity index (χ1v) is 9.88. The summed E-state index contributed by atoms with van der Waals surface area (Å²) in [6.45, 7) is 1.33. The first-order chi connectivity index (χ1) is 14.1. The summed E-state index contributed by atoms with van der Waals surface area (Å²) in [5, 5.41) is 3.05. The van der Waals surface area contributed by atoms with Crippen molar-refractivity contribution in [1.29, 1.82) is 0 Å². The van der Waals surface area contributed by atoms with E-state index in [0.717, 1.165) is 11.1 Å². The van der Waals surface area contributed by atoms with E-state index in [1.807, 2.05) is 54.6 Å². The zero-order valence-electron chi connectivity index (χ0n) is 17.0. The molecule has 6 heteroatoms. The number of hydrogen-bond donors (Lipinski definition) is 1. The molecule has 0 spiro atoms. The van der Waals surface area contributed by atoms with E-state index in [9.17, 15) is 9.59 Å². The molecule has 2 aromatic carbocycles. The van der Waals surface area contributed by atoms with Gasteiger partial charge in [0.1, 0.15) is 5.75 Å². The molecule has 0 saturated carbocycles. The van der Waals surface area contributed by atoms with Crippen molar-refractivity contribution in [2.24, 2.45) is 5.92 Å². The summed E-state index contributed by atoms with van der Waals surface area (Å²) in [7, 11) is 3.22. The molecule has 3 rings (SSSR count). The Balaban J connectivity index is 1.85. The van der Waals surface area contributed by atoms with Gasteiger partial charge in [-0.2, -0.15) is 0 Å². The van der Waals surface area contributed by atoms with Crippen molar-refractivity contribution in [3.05, 3.63) is 65.7 Å². The fourth-order valence-electron chi connectivity index (χ4n) is 3.83. The standard InChI is InChI=1S/C23H28N2O4/c1-28-14-13-25-21(26)12-11-20(22(25)18-9-6-10-19(15-18)29-2)23(27)24-16-17-7-4-3-5-8-17/h3-10,15,20,22H,11-14,16H2,1-2H3,(H,24,27)/t20-,22+/m1/s1. The molecule has 0 radical (unpaired) electrons. The molecule has 154 valence electrons. The monoisotopic (exact) mass is 396 g/mol. The molecule has 1 N–H and O–H groups in total. The van der Waals surface area contributed by atoms with Gasteiger partial charge in [0, 0.05) is 26.6 Å². The van der Waals surface area contributed by atoms with E-state index in [2.05, 4.69) is 5.32 Å². The van der Waals surface area contributed by atoms with Crippen molar-refractivity contribution in [1.82, 2.24) is 10.2 Å². The molecular formula is C23H28N2O4. The number of hydrogen-bond acceptors (Lipinski definition) is 4. The highest BCUT2D eigenvalue weighted by atomic mass is 16.5. The summed E-state index contributed by atoms with van der Waals surface area (Å²) in [6, 6.07) is 17.1. The van der Waals surface area contributed by atoms with E-state index in [1.165, 1.54) is 0 Å². The molecule has 0 unspecified atom stereocenters. The van der Waals surface area contributed by atoms with Gasteiger partial charge in [0.25, 0.3) is 0 Å². The lowest BCUT2D eigenvalue weighted by Crippen LogP contribution is -2.49. The van der Waals surface area contributed by atoms with Gasteiger partial charge in [-0.3, -0.25) is 9.59 Å². The molecule has 1 heterocycles. The minimum atomic E-state index is -0.350. The zero-order chi connectivity index (χ0) is 20.6. The Morgan fingerprint density at radius 2 is 1.93 bits per heavy atom. The number of methoxy groups -OCH3 is 2. The van der Waals surface area contributed by atoms with Crippen molar-refractivity contribution in [2.75, 3.05) is 27.4 Å². The van der Waals surface area contributed by atoms with Crippen LogP contribution in [0.25, 0.3) is 0 Å². The minimum absolute atomic E-state index is 0.0435. The number of rotatable bonds is 8. The number of nitrogens with one attached hydrogen (secondary N) is 1. The van der Waals surface area contributed by atoms with Crippen LogP contribution in [0.15, 0.2) is 54.6 Å². The van der Waals surface area contributed by atoms with Gasteiger partial charge in [-0.15, -0.1) is 0 Å². The van der Waals surface area contributed by atoms with Gasteiger partial charge in [-0.05, 0) is 29.7 Å². The number of likely N-dealkylation sites (tertiary alicyclic amines) is 1. The third-order valence-corrected chi connectivity index (χ3v) is 5.32. The van der Waals surface area contributed by atoms with Crippen LogP contribution in [0, 0.1) is 5.92 Å². The predicted molar refractivity (Wildman–Crippen MR) is 110 cm³/mol. The smallest absolute Gasteiger partial charge is 0.225 e. The van der Waals surface area contributed by atoms with Crippen LogP contribution < -0.4 is 10.1 Å². The first kappa shape index (κ1) is 20.9. The van der Waals surface area contributed by atoms with E-state index in [0.29, 0.717) is 38.3 Å². The fraction of sp³-hybridized carbons (Fsp3) is 0.391. The van der Waals surface area contributed by atoms with Crippen molar-refractivity contribution in [2.45, 2.75) is 25.4 Å². The highest BCUT2D eigenvalue weighted by molar-refractivity contribution is 5.85. The van der Waals surface area contributed by atoms with Crippen LogP contribution in [0.3, 0.4) is 0 Å². The number of amides is 2. The quantitative estimate of drug-likeness (QED) is 0.745. The molecule has 0 aromatic heterocycles. The number of nitrogens with zero attached hydrogens (tertiary/aromatic N) is 1. The third kappa shape index (κ3) is 5.15. The highest BCUT2D eigenvalue weighted by Crippen LogP contribution is 2.38. The lowest BCUT2D eigenvalue weighted by Gasteiger charge is -2.41. The maximum Gasteiger partial charge on any atom is 0.225 e. The zero-order valence-corrected chi connectivity index (χ0v) is 17.0. The second-order valence-electron chi connectivity index (χ2n) is 7.15. The summed E-state index contributed by atoms with van der Waals surface area (Å²) in [5.41, 5.74) is 1.94. The molecule has 1 fully saturated rings. The second kappa shape index (κ2) is 10.1. The van der Waals surface area contributed by atoms with Gasteiger partial charge in [0.2, 0.25) is 11.8 Å². The molecule has 2 amide bonds. The summed E-state index contributed by atoms with van der Waals surface area (Å²) in [6.07, 6.45) is 0.873. The molecule has 6 nitrogen and oxygen atoms in total. The topological polar surface area (TPSA) is 67.9 Å². The predicted octanol–water partition coefficient (Wildman–Crippen LogP) is 2.94. The number of carbonyl (C=O) groups excluding carboxylic acids is 2. The van der Waals surface area contributed by atoms with Crippen LogP contribution in [0.4, 0.5) is 0 Å². The van der Waals surface area contributed by atoms with Crippen LogP contribution in [0.2, 0.25) is 0 Å². The Kier molecular flexibility index (Phi) is 7.25. The Bertz CT molecular complexity index is 825. The van der Waals surface area contributed by atoms with Crippen LogP contribution >= 0.6 is 0 Å². The summed E-state index contributed by atoms with van der Waals surface area (Å²) < 4.78 is 10.6. The van der Waals surface area contributed by atoms with Gasteiger partial charge in [0.15, 0.2) is 0 Å². The Hall–Kier alpha value is -2.86. The Morgan fingerprint density at radius 3 is 2.66 bits per heavy atom. The SMILES string of the molecule is COCCN1C(=O)CC[C@@H](C(=O)NCc2ccccc2)[C@@H]1c1cccc(OC)c1. The van der Waals surface area contributed by atoms with Gasteiger partial charge < -0.3 is 19.7 Å². The summed E-state index contributed by atoms with van der Waals surface area (Å²) in [4.78, 5) is 27.6. The lowest BCUT2D eigenvalue weighted by atomic mass is 9.83. The Labute approximate surface area is 171 Å². The molecule has 0 aliphatic carbocycles. The maximum absolute atomic E-state index is 13.1. The molecule has 29 heavy (non-hydrogen) atoms. The fourth-order valence-corrected chi connectivity index (χ4v) is 3.83. The third-order valence-electron chi connectivity index (χ3n) is 5.32. The number of piperidine rings is 1. The van der Waals surface area contributed by atoms with E-state index < -0.39 is 0 Å². The van der Waals surface area contributed by atoms with E-state index >= 15 is 0 Å². The maximum atomic E-state index is 13.1. The largest absolute Gasteiger partial charge is 0.497 e. The second-order valence-corrected chi connectivity index (χ2v) is 7.15. The van der Waals surface area contributed by atoms with Gasteiger partial charge >= 0.3 is 0 Å². The molecule has 2 atom stereocenters. The first-order valence-electron chi connectivity index (χ1n) is 9.88. The number of benzene rings is 2. The van der Waals surface area contributed by atoms with Crippen LogP contribution in [0.5, 0.6) is 5.75 Å². The number of carbonyl (C=O) groups is 2. The van der Waals surface area contributed by atoms with Crippen molar-refractivity contribution in [3.8, 4) is 5.75 Å².